The van der Waals surface area contributed by atoms with Gasteiger partial charge in [0.15, 0.2) is 17.3 Å². The number of rotatable bonds is 7. The largest absolute Gasteiger partial charge is 0.451 e. The number of pyridine rings is 1. The van der Waals surface area contributed by atoms with Crippen LogP contribution in [0.25, 0.3) is 27.4 Å². The van der Waals surface area contributed by atoms with Crippen molar-refractivity contribution in [1.82, 2.24) is 20.1 Å². The second-order valence-electron chi connectivity index (χ2n) is 12.9. The summed E-state index contributed by atoms with van der Waals surface area (Å²) < 4.78 is 29.8. The number of carbonyl (C=O) groups is 2. The van der Waals surface area contributed by atoms with E-state index < -0.39 is 28.8 Å². The Morgan fingerprint density at radius 3 is 2.58 bits per heavy atom. The van der Waals surface area contributed by atoms with Gasteiger partial charge in [-0.05, 0) is 83.2 Å². The fraction of sp³-hybridized carbons (Fsp3) is 0.382. The van der Waals surface area contributed by atoms with Crippen molar-refractivity contribution in [1.29, 1.82) is 0 Å². The van der Waals surface area contributed by atoms with Crippen molar-refractivity contribution in [3.8, 4) is 17.2 Å². The Morgan fingerprint density at radius 1 is 1.13 bits per heavy atom. The van der Waals surface area contributed by atoms with Crippen LogP contribution in [0.2, 0.25) is 0 Å². The van der Waals surface area contributed by atoms with Crippen LogP contribution >= 0.6 is 0 Å². The summed E-state index contributed by atoms with van der Waals surface area (Å²) in [5.74, 6) is -0.495. The van der Waals surface area contributed by atoms with Gasteiger partial charge in [-0.2, -0.15) is 0 Å². The lowest BCUT2D eigenvalue weighted by Crippen LogP contribution is -2.40. The number of anilines is 1. The molecular weight excluding hydrogens is 577 g/mol. The number of ether oxygens (including phenoxy) is 2. The van der Waals surface area contributed by atoms with Gasteiger partial charge in [-0.3, -0.25) is 9.59 Å². The number of nitrogens with one attached hydrogen (secondary N) is 2. The molecule has 0 aliphatic carbocycles. The van der Waals surface area contributed by atoms with E-state index in [1.165, 1.54) is 12.3 Å². The van der Waals surface area contributed by atoms with Gasteiger partial charge in [-0.15, -0.1) is 0 Å². The molecule has 3 heterocycles. The van der Waals surface area contributed by atoms with Crippen molar-refractivity contribution in [2.45, 2.75) is 45.3 Å². The third kappa shape index (κ3) is 6.04. The molecule has 0 radical (unpaired) electrons. The highest BCUT2D eigenvalue weighted by Gasteiger charge is 2.34. The standard InChI is InChI=1S/C34H38FN5O5/c1-34(2,3)45-33(43)37-22-11-14-39(18-22)29-25(35)17-23-28-31(29)44-27-16-21-10-7-6-9-20(21)15-26(27)40(28)19-24(30(23)41)32(42)36-12-8-13-38(4)5/h6-7,9-10,15-17,19,22H,8,11-14,18H2,1-5H3,(H,36,42)(H,37,43). The first kappa shape index (κ1) is 30.4. The lowest BCUT2D eigenvalue weighted by atomic mass is 10.0. The van der Waals surface area contributed by atoms with Gasteiger partial charge in [-0.1, -0.05) is 24.3 Å². The Bertz CT molecular complexity index is 1880. The quantitative estimate of drug-likeness (QED) is 0.243. The maximum atomic E-state index is 16.2. The fourth-order valence-corrected chi connectivity index (χ4v) is 5.99. The molecule has 0 spiro atoms. The lowest BCUT2D eigenvalue weighted by Gasteiger charge is -2.29. The van der Waals surface area contributed by atoms with Gasteiger partial charge in [0.2, 0.25) is 5.43 Å². The molecule has 2 aliphatic rings. The minimum atomic E-state index is -0.646. The molecule has 45 heavy (non-hydrogen) atoms. The molecule has 6 rings (SSSR count). The highest BCUT2D eigenvalue weighted by atomic mass is 19.1. The number of halogens is 1. The van der Waals surface area contributed by atoms with Gasteiger partial charge in [0.1, 0.15) is 22.4 Å². The molecule has 2 aliphatic heterocycles. The number of hydrogen-bond donors (Lipinski definition) is 2. The van der Waals surface area contributed by atoms with Crippen LogP contribution in [0.4, 0.5) is 14.9 Å². The molecule has 2 N–H and O–H groups in total. The Kier molecular flexibility index (Phi) is 7.90. The fourth-order valence-electron chi connectivity index (χ4n) is 5.99. The minimum Gasteiger partial charge on any atom is -0.451 e. The van der Waals surface area contributed by atoms with E-state index in [-0.39, 0.29) is 28.4 Å². The first-order valence-electron chi connectivity index (χ1n) is 15.2. The predicted octanol–water partition coefficient (Wildman–Crippen LogP) is 5.17. The lowest BCUT2D eigenvalue weighted by molar-refractivity contribution is 0.0508. The zero-order valence-corrected chi connectivity index (χ0v) is 26.2. The summed E-state index contributed by atoms with van der Waals surface area (Å²) in [6.07, 6.45) is 2.28. The molecular formula is C34H38FN5O5. The number of carbonyl (C=O) groups excluding carboxylic acids is 2. The van der Waals surface area contributed by atoms with E-state index >= 15 is 4.39 Å². The molecule has 11 heteroatoms. The van der Waals surface area contributed by atoms with E-state index in [9.17, 15) is 14.4 Å². The summed E-state index contributed by atoms with van der Waals surface area (Å²) in [6.45, 7) is 7.32. The van der Waals surface area contributed by atoms with E-state index in [2.05, 4.69) is 10.6 Å². The Morgan fingerprint density at radius 2 is 1.87 bits per heavy atom. The summed E-state index contributed by atoms with van der Waals surface area (Å²) in [5.41, 5.74) is -0.0771. The van der Waals surface area contributed by atoms with Crippen molar-refractivity contribution in [3.05, 3.63) is 70.3 Å². The van der Waals surface area contributed by atoms with Gasteiger partial charge in [0.25, 0.3) is 5.91 Å². The average molecular weight is 616 g/mol. The van der Waals surface area contributed by atoms with Crippen molar-refractivity contribution in [3.63, 3.8) is 0 Å². The molecule has 0 saturated carbocycles. The summed E-state index contributed by atoms with van der Waals surface area (Å²) in [7, 11) is 3.90. The number of amides is 2. The Balaban J connectivity index is 1.44. The Hall–Kier alpha value is -4.64. The van der Waals surface area contributed by atoms with E-state index in [1.54, 1.807) is 25.3 Å². The molecule has 4 aromatic rings. The van der Waals surface area contributed by atoms with Crippen LogP contribution in [-0.4, -0.2) is 73.4 Å². The first-order chi connectivity index (χ1) is 21.4. The van der Waals surface area contributed by atoms with Gasteiger partial charge in [0, 0.05) is 25.8 Å². The van der Waals surface area contributed by atoms with E-state index in [0.29, 0.717) is 49.4 Å². The third-order valence-corrected chi connectivity index (χ3v) is 8.01. The highest BCUT2D eigenvalue weighted by molar-refractivity contribution is 6.02. The van der Waals surface area contributed by atoms with Gasteiger partial charge in [0.05, 0.1) is 17.1 Å². The number of nitrogens with zero attached hydrogens (tertiary/aromatic N) is 3. The van der Waals surface area contributed by atoms with Gasteiger partial charge < -0.3 is 34.5 Å². The second kappa shape index (κ2) is 11.7. The van der Waals surface area contributed by atoms with Crippen LogP contribution in [0.3, 0.4) is 0 Å². The SMILES string of the molecule is CN(C)CCCNC(=O)c1cn2c3c(c(N4CCC(NC(=O)OC(C)(C)C)C4)c(F)cc3c1=O)Oc1cc3ccccc3cc1-2. The van der Waals surface area contributed by atoms with Crippen LogP contribution < -0.4 is 25.7 Å². The van der Waals surface area contributed by atoms with Gasteiger partial charge >= 0.3 is 6.09 Å². The van der Waals surface area contributed by atoms with Crippen LogP contribution in [0.5, 0.6) is 11.5 Å². The number of hydrogen-bond acceptors (Lipinski definition) is 7. The summed E-state index contributed by atoms with van der Waals surface area (Å²) in [6, 6.07) is 12.5. The molecule has 0 bridgehead atoms. The van der Waals surface area contributed by atoms with Crippen LogP contribution in [0.1, 0.15) is 44.0 Å². The topological polar surface area (TPSA) is 105 Å². The van der Waals surface area contributed by atoms with Crippen molar-refractivity contribution >= 4 is 39.4 Å². The molecule has 3 aromatic carbocycles. The van der Waals surface area contributed by atoms with E-state index in [4.69, 9.17) is 9.47 Å². The minimum absolute atomic E-state index is 0.0497. The molecule has 1 fully saturated rings. The second-order valence-corrected chi connectivity index (χ2v) is 12.9. The summed E-state index contributed by atoms with van der Waals surface area (Å²) in [5, 5.41) is 7.65. The van der Waals surface area contributed by atoms with Crippen LogP contribution in [0.15, 0.2) is 53.5 Å². The maximum absolute atomic E-state index is 16.2. The molecule has 236 valence electrons. The molecule has 10 nitrogen and oxygen atoms in total. The first-order valence-corrected chi connectivity index (χ1v) is 15.2. The number of alkyl carbamates (subject to hydrolysis) is 1. The maximum Gasteiger partial charge on any atom is 0.407 e. The highest BCUT2D eigenvalue weighted by Crippen LogP contribution is 2.48. The van der Waals surface area contributed by atoms with E-state index in [0.717, 1.165) is 17.3 Å². The zero-order chi connectivity index (χ0) is 32.0. The normalized spacial score (nSPS) is 15.7. The number of fused-ring (bicyclic) bond motifs is 3. The Labute approximate surface area is 260 Å². The summed E-state index contributed by atoms with van der Waals surface area (Å²) in [4.78, 5) is 43.3. The average Bonchev–Trinajstić information content (AvgIpc) is 3.41. The number of benzene rings is 3. The van der Waals surface area contributed by atoms with Crippen LogP contribution in [-0.2, 0) is 4.74 Å². The van der Waals surface area contributed by atoms with Gasteiger partial charge in [-0.25, -0.2) is 9.18 Å². The molecule has 1 unspecified atom stereocenters. The predicted molar refractivity (Wildman–Crippen MR) is 173 cm³/mol. The molecule has 1 saturated heterocycles. The molecule has 2 amide bonds. The van der Waals surface area contributed by atoms with Crippen molar-refractivity contribution < 1.29 is 23.5 Å². The monoisotopic (exact) mass is 615 g/mol. The van der Waals surface area contributed by atoms with Crippen molar-refractivity contribution in [2.75, 3.05) is 45.2 Å². The zero-order valence-electron chi connectivity index (χ0n) is 26.2. The smallest absolute Gasteiger partial charge is 0.407 e. The van der Waals surface area contributed by atoms with Crippen LogP contribution in [0, 0.1) is 5.82 Å². The molecule has 1 aromatic heterocycles. The van der Waals surface area contributed by atoms with Crippen molar-refractivity contribution in [2.24, 2.45) is 0 Å². The van der Waals surface area contributed by atoms with E-state index in [1.807, 2.05) is 60.3 Å². The summed E-state index contributed by atoms with van der Waals surface area (Å²) >= 11 is 0. The third-order valence-electron chi connectivity index (χ3n) is 8.01. The molecule has 1 atom stereocenters. The number of aromatic nitrogens is 1.